The van der Waals surface area contributed by atoms with E-state index in [0.717, 1.165) is 18.6 Å². The van der Waals surface area contributed by atoms with Gasteiger partial charge in [0.2, 0.25) is 0 Å². The maximum atomic E-state index is 12.0. The molecule has 20 heavy (non-hydrogen) atoms. The van der Waals surface area contributed by atoms with Gasteiger partial charge in [0.1, 0.15) is 11.5 Å². The first-order valence-corrected chi connectivity index (χ1v) is 7.17. The number of hydrogen-bond acceptors (Lipinski definition) is 3. The quantitative estimate of drug-likeness (QED) is 0.877. The molecule has 0 bridgehead atoms. The molecular formula is C15H16BrNO3. The van der Waals surface area contributed by atoms with Crippen molar-refractivity contribution in [3.63, 3.8) is 0 Å². The van der Waals surface area contributed by atoms with E-state index in [9.17, 15) is 9.90 Å². The third-order valence-electron chi connectivity index (χ3n) is 2.99. The number of aromatic hydroxyl groups is 1. The summed E-state index contributed by atoms with van der Waals surface area (Å²) in [5.41, 5.74) is 0.440. The summed E-state index contributed by atoms with van der Waals surface area (Å²) in [5, 5.41) is 12.5. The number of amides is 1. The van der Waals surface area contributed by atoms with E-state index in [1.165, 1.54) is 6.07 Å². The van der Waals surface area contributed by atoms with E-state index in [-0.39, 0.29) is 17.7 Å². The Bertz CT molecular complexity index is 581. The highest BCUT2D eigenvalue weighted by Crippen LogP contribution is 2.24. The fourth-order valence-corrected chi connectivity index (χ4v) is 2.09. The van der Waals surface area contributed by atoms with Gasteiger partial charge < -0.3 is 14.8 Å². The van der Waals surface area contributed by atoms with E-state index in [4.69, 9.17) is 4.42 Å². The van der Waals surface area contributed by atoms with E-state index in [1.54, 1.807) is 18.4 Å². The summed E-state index contributed by atoms with van der Waals surface area (Å²) in [6.07, 6.45) is 3.21. The van der Waals surface area contributed by atoms with Crippen LogP contribution in [-0.4, -0.2) is 17.1 Å². The molecule has 1 amide bonds. The van der Waals surface area contributed by atoms with Crippen LogP contribution in [0.25, 0.3) is 0 Å². The number of benzene rings is 1. The normalized spacial score (nSPS) is 12.1. The van der Waals surface area contributed by atoms with E-state index in [1.807, 2.05) is 19.1 Å². The van der Waals surface area contributed by atoms with Gasteiger partial charge in [-0.3, -0.25) is 4.79 Å². The van der Waals surface area contributed by atoms with Crippen LogP contribution in [-0.2, 0) is 6.42 Å². The summed E-state index contributed by atoms with van der Waals surface area (Å²) in [6.45, 7) is 1.94. The molecule has 4 nitrogen and oxygen atoms in total. The Morgan fingerprint density at radius 2 is 2.25 bits per heavy atom. The summed E-state index contributed by atoms with van der Waals surface area (Å²) in [6, 6.07) is 8.55. The molecule has 2 rings (SSSR count). The number of aryl methyl sites for hydroxylation is 1. The number of nitrogens with one attached hydrogen (secondary N) is 1. The number of carbonyl (C=O) groups excluding carboxylic acids is 1. The molecular weight excluding hydrogens is 322 g/mol. The van der Waals surface area contributed by atoms with E-state index in [2.05, 4.69) is 21.2 Å². The molecule has 1 unspecified atom stereocenters. The minimum Gasteiger partial charge on any atom is -0.507 e. The van der Waals surface area contributed by atoms with Gasteiger partial charge in [0, 0.05) is 18.0 Å². The third-order valence-corrected chi connectivity index (χ3v) is 3.66. The van der Waals surface area contributed by atoms with Crippen molar-refractivity contribution in [3.8, 4) is 5.75 Å². The molecule has 1 atom stereocenters. The van der Waals surface area contributed by atoms with Crippen LogP contribution in [0.4, 0.5) is 0 Å². The Balaban J connectivity index is 1.88. The third kappa shape index (κ3) is 3.87. The lowest BCUT2D eigenvalue weighted by molar-refractivity contribution is 0.0937. The van der Waals surface area contributed by atoms with Crippen molar-refractivity contribution in [1.29, 1.82) is 0 Å². The van der Waals surface area contributed by atoms with Gasteiger partial charge in [-0.05, 0) is 59.6 Å². The highest BCUT2D eigenvalue weighted by molar-refractivity contribution is 9.10. The molecule has 0 spiro atoms. The zero-order valence-corrected chi connectivity index (χ0v) is 12.7. The van der Waals surface area contributed by atoms with Crippen molar-refractivity contribution >= 4 is 21.8 Å². The van der Waals surface area contributed by atoms with Crippen molar-refractivity contribution in [2.24, 2.45) is 0 Å². The molecule has 2 aromatic rings. The second kappa shape index (κ2) is 6.61. The van der Waals surface area contributed by atoms with E-state index < -0.39 is 0 Å². The standard InChI is InChI=1S/C15H16BrNO3/c1-10(4-6-12-3-2-8-20-12)17-15(19)11-5-7-13(16)14(18)9-11/h2-3,5,7-10,18H,4,6H2,1H3,(H,17,19). The number of carbonyl (C=O) groups is 1. The summed E-state index contributed by atoms with van der Waals surface area (Å²) in [5.74, 6) is 0.771. The average molecular weight is 338 g/mol. The Labute approximate surface area is 125 Å². The first-order chi connectivity index (χ1) is 9.56. The lowest BCUT2D eigenvalue weighted by atomic mass is 10.1. The lowest BCUT2D eigenvalue weighted by Gasteiger charge is -2.13. The van der Waals surface area contributed by atoms with Crippen LogP contribution in [0.5, 0.6) is 5.75 Å². The number of phenolic OH excluding ortho intramolecular Hbond substituents is 1. The number of halogens is 1. The van der Waals surface area contributed by atoms with Gasteiger partial charge in [-0.15, -0.1) is 0 Å². The Morgan fingerprint density at radius 1 is 1.45 bits per heavy atom. The van der Waals surface area contributed by atoms with Crippen LogP contribution >= 0.6 is 15.9 Å². The highest BCUT2D eigenvalue weighted by Gasteiger charge is 2.12. The Hall–Kier alpha value is -1.75. The predicted molar refractivity (Wildman–Crippen MR) is 79.8 cm³/mol. The number of rotatable bonds is 5. The lowest BCUT2D eigenvalue weighted by Crippen LogP contribution is -2.32. The molecule has 5 heteroatoms. The topological polar surface area (TPSA) is 62.5 Å². The van der Waals surface area contributed by atoms with Gasteiger partial charge in [0.25, 0.3) is 5.91 Å². The number of hydrogen-bond donors (Lipinski definition) is 2. The van der Waals surface area contributed by atoms with Crippen LogP contribution in [0.15, 0.2) is 45.5 Å². The smallest absolute Gasteiger partial charge is 0.251 e. The molecule has 2 N–H and O–H groups in total. The van der Waals surface area contributed by atoms with Gasteiger partial charge in [-0.25, -0.2) is 0 Å². The first kappa shape index (κ1) is 14.7. The van der Waals surface area contributed by atoms with E-state index >= 15 is 0 Å². The molecule has 0 radical (unpaired) electrons. The minimum absolute atomic E-state index is 0.0263. The summed E-state index contributed by atoms with van der Waals surface area (Å²) in [7, 11) is 0. The molecule has 106 valence electrons. The van der Waals surface area contributed by atoms with Crippen molar-refractivity contribution in [1.82, 2.24) is 5.32 Å². The monoisotopic (exact) mass is 337 g/mol. The zero-order chi connectivity index (χ0) is 14.5. The Kier molecular flexibility index (Phi) is 4.84. The maximum Gasteiger partial charge on any atom is 0.251 e. The Morgan fingerprint density at radius 3 is 2.90 bits per heavy atom. The first-order valence-electron chi connectivity index (χ1n) is 6.38. The van der Waals surface area contributed by atoms with Gasteiger partial charge in [-0.2, -0.15) is 0 Å². The van der Waals surface area contributed by atoms with Crippen molar-refractivity contribution in [2.75, 3.05) is 0 Å². The minimum atomic E-state index is -0.195. The highest BCUT2D eigenvalue weighted by atomic mass is 79.9. The summed E-state index contributed by atoms with van der Waals surface area (Å²) in [4.78, 5) is 12.0. The fourth-order valence-electron chi connectivity index (χ4n) is 1.85. The SMILES string of the molecule is CC(CCc1ccco1)NC(=O)c1ccc(Br)c(O)c1. The van der Waals surface area contributed by atoms with E-state index in [0.29, 0.717) is 10.0 Å². The van der Waals surface area contributed by atoms with Crippen molar-refractivity contribution in [3.05, 3.63) is 52.4 Å². The van der Waals surface area contributed by atoms with Crippen LogP contribution in [0, 0.1) is 0 Å². The molecule has 0 aliphatic carbocycles. The maximum absolute atomic E-state index is 12.0. The molecule has 0 aliphatic heterocycles. The molecule has 0 fully saturated rings. The molecule has 1 heterocycles. The van der Waals surface area contributed by atoms with Gasteiger partial charge >= 0.3 is 0 Å². The fraction of sp³-hybridized carbons (Fsp3) is 0.267. The van der Waals surface area contributed by atoms with Crippen LogP contribution in [0.2, 0.25) is 0 Å². The van der Waals surface area contributed by atoms with Crippen molar-refractivity contribution in [2.45, 2.75) is 25.8 Å². The van der Waals surface area contributed by atoms with Crippen LogP contribution in [0.3, 0.4) is 0 Å². The second-order valence-corrected chi connectivity index (χ2v) is 5.51. The largest absolute Gasteiger partial charge is 0.507 e. The van der Waals surface area contributed by atoms with Crippen molar-refractivity contribution < 1.29 is 14.3 Å². The number of phenols is 1. The second-order valence-electron chi connectivity index (χ2n) is 4.66. The molecule has 1 aromatic heterocycles. The number of furan rings is 1. The van der Waals surface area contributed by atoms with Crippen LogP contribution < -0.4 is 5.32 Å². The zero-order valence-electron chi connectivity index (χ0n) is 11.1. The summed E-state index contributed by atoms with van der Waals surface area (Å²) < 4.78 is 5.82. The predicted octanol–water partition coefficient (Wildman–Crippen LogP) is 3.50. The molecule has 1 aromatic carbocycles. The van der Waals surface area contributed by atoms with Gasteiger partial charge in [-0.1, -0.05) is 0 Å². The van der Waals surface area contributed by atoms with Gasteiger partial charge in [0.15, 0.2) is 0 Å². The van der Waals surface area contributed by atoms with Gasteiger partial charge in [0.05, 0.1) is 10.7 Å². The molecule has 0 saturated carbocycles. The molecule has 0 saturated heterocycles. The molecule has 0 aliphatic rings. The average Bonchev–Trinajstić information content (AvgIpc) is 2.92. The summed E-state index contributed by atoms with van der Waals surface area (Å²) >= 11 is 3.18. The van der Waals surface area contributed by atoms with Crippen LogP contribution in [0.1, 0.15) is 29.5 Å².